The van der Waals surface area contributed by atoms with Gasteiger partial charge in [-0.05, 0) is 18.1 Å². The summed E-state index contributed by atoms with van der Waals surface area (Å²) in [5.41, 5.74) is 1.65. The Morgan fingerprint density at radius 1 is 1.43 bits per heavy atom. The molecule has 0 amide bonds. The molecule has 0 bridgehead atoms. The number of carboxylic acids is 1. The third-order valence-electron chi connectivity index (χ3n) is 3.06. The van der Waals surface area contributed by atoms with E-state index in [2.05, 4.69) is 4.98 Å². The molecule has 0 saturated heterocycles. The minimum absolute atomic E-state index is 0.331. The molecule has 1 aromatic heterocycles. The van der Waals surface area contributed by atoms with Crippen molar-refractivity contribution in [1.29, 1.82) is 0 Å². The summed E-state index contributed by atoms with van der Waals surface area (Å²) in [6.07, 6.45) is 1.55. The van der Waals surface area contributed by atoms with Gasteiger partial charge in [-0.3, -0.25) is 0 Å². The number of carboxylic acid groups (broad SMARTS) is 1. The van der Waals surface area contributed by atoms with Crippen LogP contribution >= 0.6 is 22.9 Å². The molecule has 1 aromatic carbocycles. The summed E-state index contributed by atoms with van der Waals surface area (Å²) in [4.78, 5) is 18.0. The molecule has 1 N–H and O–H groups in total. The van der Waals surface area contributed by atoms with Gasteiger partial charge in [0.15, 0.2) is 5.13 Å². The lowest BCUT2D eigenvalue weighted by atomic mass is 10.2. The first-order valence-electron chi connectivity index (χ1n) is 6.70. The number of nitrogens with zero attached hydrogens (tertiary/aromatic N) is 2. The first-order valence-corrected chi connectivity index (χ1v) is 7.90. The monoisotopic (exact) mass is 324 g/mol. The van der Waals surface area contributed by atoms with Crippen LogP contribution in [0.4, 0.5) is 5.13 Å². The second-order valence-corrected chi connectivity index (χ2v) is 6.16. The third kappa shape index (κ3) is 3.74. The Morgan fingerprint density at radius 2 is 2.14 bits per heavy atom. The molecule has 1 heterocycles. The summed E-state index contributed by atoms with van der Waals surface area (Å²) >= 11 is 7.37. The largest absolute Gasteiger partial charge is 0.477 e. The Morgan fingerprint density at radius 3 is 2.76 bits per heavy atom. The lowest BCUT2D eigenvalue weighted by Gasteiger charge is -2.16. The molecule has 2 aromatic rings. The topological polar surface area (TPSA) is 53.4 Å². The van der Waals surface area contributed by atoms with Crippen LogP contribution in [0.5, 0.6) is 0 Å². The summed E-state index contributed by atoms with van der Waals surface area (Å²) in [6.45, 7) is 2.61. The lowest BCUT2D eigenvalue weighted by Crippen LogP contribution is -2.16. The molecule has 112 valence electrons. The second-order valence-electron chi connectivity index (χ2n) is 4.77. The molecule has 2 rings (SSSR count). The Kier molecular flexibility index (Phi) is 5.20. The van der Waals surface area contributed by atoms with Gasteiger partial charge in [0.2, 0.25) is 0 Å². The number of benzene rings is 1. The summed E-state index contributed by atoms with van der Waals surface area (Å²) in [6, 6.07) is 7.62. The average molecular weight is 325 g/mol. The smallest absolute Gasteiger partial charge is 0.347 e. The van der Waals surface area contributed by atoms with Crippen LogP contribution in [0.15, 0.2) is 24.3 Å². The van der Waals surface area contributed by atoms with Gasteiger partial charge in [-0.15, -0.1) is 0 Å². The molecule has 0 radical (unpaired) electrons. The number of thiazole rings is 1. The van der Waals surface area contributed by atoms with E-state index in [-0.39, 0.29) is 0 Å². The molecule has 0 spiro atoms. The molecule has 0 aliphatic heterocycles. The molecule has 21 heavy (non-hydrogen) atoms. The van der Waals surface area contributed by atoms with Gasteiger partial charge in [0.1, 0.15) is 4.88 Å². The lowest BCUT2D eigenvalue weighted by molar-refractivity contribution is 0.0700. The SMILES string of the molecule is CCCc1nc(N(C)Cc2ccccc2Cl)sc1C(=O)O. The minimum Gasteiger partial charge on any atom is -0.477 e. The van der Waals surface area contributed by atoms with Gasteiger partial charge in [-0.25, -0.2) is 9.78 Å². The molecule has 0 atom stereocenters. The number of aromatic carboxylic acids is 1. The van der Waals surface area contributed by atoms with Crippen molar-refractivity contribution in [3.05, 3.63) is 45.4 Å². The molecule has 0 aliphatic carbocycles. The van der Waals surface area contributed by atoms with E-state index >= 15 is 0 Å². The maximum absolute atomic E-state index is 11.3. The maximum Gasteiger partial charge on any atom is 0.347 e. The molecular formula is C15H17ClN2O2S. The number of halogens is 1. The fourth-order valence-electron chi connectivity index (χ4n) is 2.03. The Balaban J connectivity index is 2.23. The van der Waals surface area contributed by atoms with Gasteiger partial charge in [0.05, 0.1) is 5.69 Å². The van der Waals surface area contributed by atoms with E-state index in [0.29, 0.717) is 33.7 Å². The van der Waals surface area contributed by atoms with E-state index < -0.39 is 5.97 Å². The number of carbonyl (C=O) groups is 1. The van der Waals surface area contributed by atoms with Crippen LogP contribution in [-0.2, 0) is 13.0 Å². The first-order chi connectivity index (χ1) is 10.0. The van der Waals surface area contributed by atoms with Crippen LogP contribution in [0.2, 0.25) is 5.02 Å². The van der Waals surface area contributed by atoms with E-state index in [1.165, 1.54) is 11.3 Å². The van der Waals surface area contributed by atoms with Gasteiger partial charge in [-0.1, -0.05) is 54.5 Å². The molecule has 0 saturated carbocycles. The number of rotatable bonds is 6. The number of anilines is 1. The van der Waals surface area contributed by atoms with Gasteiger partial charge in [0.25, 0.3) is 0 Å². The van der Waals surface area contributed by atoms with E-state index in [1.54, 1.807) is 0 Å². The number of hydrogen-bond acceptors (Lipinski definition) is 4. The maximum atomic E-state index is 11.3. The van der Waals surface area contributed by atoms with Gasteiger partial charge < -0.3 is 10.0 Å². The molecule has 0 unspecified atom stereocenters. The standard InChI is InChI=1S/C15H17ClN2O2S/c1-3-6-12-13(14(19)20)21-15(17-12)18(2)9-10-7-4-5-8-11(10)16/h4-5,7-8H,3,6,9H2,1-2H3,(H,19,20). The predicted octanol–water partition coefficient (Wildman–Crippen LogP) is 4.08. The fraction of sp³-hybridized carbons (Fsp3) is 0.333. The van der Waals surface area contributed by atoms with Crippen LogP contribution in [0.3, 0.4) is 0 Å². The third-order valence-corrected chi connectivity index (χ3v) is 4.63. The molecular weight excluding hydrogens is 308 g/mol. The molecule has 0 fully saturated rings. The highest BCUT2D eigenvalue weighted by atomic mass is 35.5. The van der Waals surface area contributed by atoms with Gasteiger partial charge in [-0.2, -0.15) is 0 Å². The molecule has 6 heteroatoms. The van der Waals surface area contributed by atoms with Crippen molar-refractivity contribution >= 4 is 34.0 Å². The van der Waals surface area contributed by atoms with Crippen LogP contribution in [0.1, 0.15) is 34.3 Å². The van der Waals surface area contributed by atoms with Crippen LogP contribution in [0, 0.1) is 0 Å². The fourth-order valence-corrected chi connectivity index (χ4v) is 3.13. The van der Waals surface area contributed by atoms with E-state index in [0.717, 1.165) is 12.0 Å². The first kappa shape index (κ1) is 15.8. The summed E-state index contributed by atoms with van der Waals surface area (Å²) in [5, 5.41) is 10.7. The van der Waals surface area contributed by atoms with Gasteiger partial charge >= 0.3 is 5.97 Å². The highest BCUT2D eigenvalue weighted by Gasteiger charge is 2.19. The Hall–Kier alpha value is -1.59. The van der Waals surface area contributed by atoms with Crippen molar-refractivity contribution < 1.29 is 9.90 Å². The van der Waals surface area contributed by atoms with Crippen molar-refractivity contribution in [3.8, 4) is 0 Å². The second kappa shape index (κ2) is 6.91. The predicted molar refractivity (Wildman–Crippen MR) is 86.6 cm³/mol. The molecule has 4 nitrogen and oxygen atoms in total. The Labute approximate surface area is 133 Å². The van der Waals surface area contributed by atoms with Crippen molar-refractivity contribution in [2.24, 2.45) is 0 Å². The average Bonchev–Trinajstić information content (AvgIpc) is 2.86. The zero-order valence-electron chi connectivity index (χ0n) is 12.0. The summed E-state index contributed by atoms with van der Waals surface area (Å²) < 4.78 is 0. The van der Waals surface area contributed by atoms with Crippen molar-refractivity contribution in [2.75, 3.05) is 11.9 Å². The van der Waals surface area contributed by atoms with Crippen molar-refractivity contribution in [2.45, 2.75) is 26.3 Å². The minimum atomic E-state index is -0.909. The van der Waals surface area contributed by atoms with E-state index in [4.69, 9.17) is 11.6 Å². The van der Waals surface area contributed by atoms with Gasteiger partial charge in [0, 0.05) is 18.6 Å². The normalized spacial score (nSPS) is 10.6. The molecule has 0 aliphatic rings. The number of aromatic nitrogens is 1. The summed E-state index contributed by atoms with van der Waals surface area (Å²) in [5.74, 6) is -0.909. The zero-order chi connectivity index (χ0) is 15.4. The van der Waals surface area contributed by atoms with Crippen LogP contribution in [0.25, 0.3) is 0 Å². The number of hydrogen-bond donors (Lipinski definition) is 1. The zero-order valence-corrected chi connectivity index (χ0v) is 13.5. The van der Waals surface area contributed by atoms with Crippen LogP contribution in [-0.4, -0.2) is 23.1 Å². The summed E-state index contributed by atoms with van der Waals surface area (Å²) in [7, 11) is 1.89. The number of aryl methyl sites for hydroxylation is 1. The van der Waals surface area contributed by atoms with Crippen LogP contribution < -0.4 is 4.90 Å². The van der Waals surface area contributed by atoms with E-state index in [1.807, 2.05) is 43.1 Å². The quantitative estimate of drug-likeness (QED) is 0.869. The van der Waals surface area contributed by atoms with Crippen molar-refractivity contribution in [3.63, 3.8) is 0 Å². The Bertz CT molecular complexity index is 642. The van der Waals surface area contributed by atoms with E-state index in [9.17, 15) is 9.90 Å². The van der Waals surface area contributed by atoms with Crippen molar-refractivity contribution in [1.82, 2.24) is 4.98 Å². The highest BCUT2D eigenvalue weighted by Crippen LogP contribution is 2.28. The highest BCUT2D eigenvalue weighted by molar-refractivity contribution is 7.17.